The van der Waals surface area contributed by atoms with Gasteiger partial charge in [0.2, 0.25) is 0 Å². The third-order valence-corrected chi connectivity index (χ3v) is 5.19. The summed E-state index contributed by atoms with van der Waals surface area (Å²) in [5, 5.41) is 0. The highest BCUT2D eigenvalue weighted by molar-refractivity contribution is 5.93. The van der Waals surface area contributed by atoms with Crippen LogP contribution in [0.4, 0.5) is 0 Å². The summed E-state index contributed by atoms with van der Waals surface area (Å²) < 4.78 is 1.47. The zero-order chi connectivity index (χ0) is 18.5. The smallest absolute Gasteiger partial charge is 0.253 e. The van der Waals surface area contributed by atoms with Crippen molar-refractivity contribution in [3.05, 3.63) is 70.1 Å². The standard InChI is InChI=1S/C21H27N3O2/c1-22-11-10-19(14-20(22)25)21(26)23(2)15-18-8-12-24(13-9-18)16-17-6-4-3-5-7-17/h3-7,10-11,14,18H,8-9,12-13,15-16H2,1-2H3. The lowest BCUT2D eigenvalue weighted by molar-refractivity contribution is 0.0737. The fourth-order valence-corrected chi connectivity index (χ4v) is 3.54. The summed E-state index contributed by atoms with van der Waals surface area (Å²) in [5.41, 5.74) is 1.67. The molecule has 0 N–H and O–H groups in total. The molecule has 0 unspecified atom stereocenters. The fraction of sp³-hybridized carbons (Fsp3) is 0.429. The van der Waals surface area contributed by atoms with E-state index in [9.17, 15) is 9.59 Å². The van der Waals surface area contributed by atoms with Crippen LogP contribution in [0.3, 0.4) is 0 Å². The maximum absolute atomic E-state index is 12.6. The summed E-state index contributed by atoms with van der Waals surface area (Å²) in [6.07, 6.45) is 3.84. The lowest BCUT2D eigenvalue weighted by Crippen LogP contribution is -2.39. The Morgan fingerprint density at radius 3 is 2.50 bits per heavy atom. The molecule has 138 valence electrons. The second-order valence-corrected chi connectivity index (χ2v) is 7.26. The normalized spacial score (nSPS) is 15.8. The molecule has 2 aromatic rings. The van der Waals surface area contributed by atoms with Crippen molar-refractivity contribution < 1.29 is 4.79 Å². The van der Waals surface area contributed by atoms with Gasteiger partial charge in [-0.05, 0) is 43.5 Å². The molecule has 1 aliphatic rings. The first-order chi connectivity index (χ1) is 12.5. The minimum Gasteiger partial charge on any atom is -0.341 e. The van der Waals surface area contributed by atoms with Crippen molar-refractivity contribution in [2.75, 3.05) is 26.7 Å². The summed E-state index contributed by atoms with van der Waals surface area (Å²) >= 11 is 0. The molecule has 1 aliphatic heterocycles. The van der Waals surface area contributed by atoms with E-state index in [1.807, 2.05) is 13.1 Å². The quantitative estimate of drug-likeness (QED) is 0.829. The number of carbonyl (C=O) groups is 1. The maximum atomic E-state index is 12.6. The van der Waals surface area contributed by atoms with E-state index in [0.29, 0.717) is 11.5 Å². The van der Waals surface area contributed by atoms with E-state index < -0.39 is 0 Å². The highest BCUT2D eigenvalue weighted by Crippen LogP contribution is 2.20. The van der Waals surface area contributed by atoms with Gasteiger partial charge in [0.05, 0.1) is 0 Å². The highest BCUT2D eigenvalue weighted by Gasteiger charge is 2.22. The number of piperidine rings is 1. The molecular formula is C21H27N3O2. The fourth-order valence-electron chi connectivity index (χ4n) is 3.54. The van der Waals surface area contributed by atoms with E-state index in [1.54, 1.807) is 24.2 Å². The van der Waals surface area contributed by atoms with E-state index in [-0.39, 0.29) is 11.5 Å². The van der Waals surface area contributed by atoms with E-state index >= 15 is 0 Å². The van der Waals surface area contributed by atoms with Crippen molar-refractivity contribution in [2.45, 2.75) is 19.4 Å². The summed E-state index contributed by atoms with van der Waals surface area (Å²) in [7, 11) is 3.51. The summed E-state index contributed by atoms with van der Waals surface area (Å²) in [4.78, 5) is 28.5. The molecule has 3 rings (SSSR count). The molecule has 1 fully saturated rings. The van der Waals surface area contributed by atoms with Crippen LogP contribution >= 0.6 is 0 Å². The van der Waals surface area contributed by atoms with Crippen molar-refractivity contribution in [1.82, 2.24) is 14.4 Å². The number of likely N-dealkylation sites (tertiary alicyclic amines) is 1. The number of nitrogens with zero attached hydrogens (tertiary/aromatic N) is 3. The summed E-state index contributed by atoms with van der Waals surface area (Å²) in [5.74, 6) is 0.442. The Labute approximate surface area is 154 Å². The molecule has 0 spiro atoms. The third kappa shape index (κ3) is 4.61. The molecule has 26 heavy (non-hydrogen) atoms. The van der Waals surface area contributed by atoms with Crippen molar-refractivity contribution >= 4 is 5.91 Å². The molecule has 0 bridgehead atoms. The topological polar surface area (TPSA) is 45.5 Å². The van der Waals surface area contributed by atoms with Crippen LogP contribution < -0.4 is 5.56 Å². The Kier molecular flexibility index (Phi) is 5.89. The number of aryl methyl sites for hydroxylation is 1. The van der Waals surface area contributed by atoms with Crippen LogP contribution in [0.15, 0.2) is 53.5 Å². The van der Waals surface area contributed by atoms with E-state index in [1.165, 1.54) is 16.2 Å². The lowest BCUT2D eigenvalue weighted by atomic mass is 9.95. The molecule has 5 heteroatoms. The van der Waals surface area contributed by atoms with Crippen LogP contribution in [-0.4, -0.2) is 47.0 Å². The van der Waals surface area contributed by atoms with Gasteiger partial charge in [-0.3, -0.25) is 14.5 Å². The van der Waals surface area contributed by atoms with Crippen molar-refractivity contribution in [3.8, 4) is 0 Å². The largest absolute Gasteiger partial charge is 0.341 e. The second kappa shape index (κ2) is 8.32. The molecule has 0 atom stereocenters. The monoisotopic (exact) mass is 353 g/mol. The minimum absolute atomic E-state index is 0.0746. The lowest BCUT2D eigenvalue weighted by Gasteiger charge is -2.34. The number of carbonyl (C=O) groups excluding carboxylic acids is 1. The van der Waals surface area contributed by atoms with Crippen LogP contribution in [0.1, 0.15) is 28.8 Å². The molecule has 0 saturated carbocycles. The van der Waals surface area contributed by atoms with Crippen LogP contribution in [0, 0.1) is 5.92 Å². The Morgan fingerprint density at radius 2 is 1.85 bits per heavy atom. The first-order valence-corrected chi connectivity index (χ1v) is 9.21. The van der Waals surface area contributed by atoms with Gasteiger partial charge in [-0.25, -0.2) is 0 Å². The molecule has 0 radical (unpaired) electrons. The van der Waals surface area contributed by atoms with Crippen molar-refractivity contribution in [1.29, 1.82) is 0 Å². The average molecular weight is 353 g/mol. The van der Waals surface area contributed by atoms with Gasteiger partial charge in [0.25, 0.3) is 11.5 Å². The van der Waals surface area contributed by atoms with Gasteiger partial charge in [-0.2, -0.15) is 0 Å². The first-order valence-electron chi connectivity index (χ1n) is 9.21. The van der Waals surface area contributed by atoms with Gasteiger partial charge in [0.1, 0.15) is 0 Å². The summed E-state index contributed by atoms with van der Waals surface area (Å²) in [6.45, 7) is 3.86. The van der Waals surface area contributed by atoms with E-state index in [4.69, 9.17) is 0 Å². The van der Waals surface area contributed by atoms with Gasteiger partial charge in [0.15, 0.2) is 0 Å². The second-order valence-electron chi connectivity index (χ2n) is 7.26. The van der Waals surface area contributed by atoms with Gasteiger partial charge < -0.3 is 9.47 Å². The maximum Gasteiger partial charge on any atom is 0.253 e. The zero-order valence-electron chi connectivity index (χ0n) is 15.6. The Hall–Kier alpha value is -2.40. The van der Waals surface area contributed by atoms with Crippen LogP contribution in [0.5, 0.6) is 0 Å². The van der Waals surface area contributed by atoms with Crippen LogP contribution in [-0.2, 0) is 13.6 Å². The first kappa shape index (κ1) is 18.4. The number of hydrogen-bond acceptors (Lipinski definition) is 3. The molecule has 1 saturated heterocycles. The predicted octanol–water partition coefficient (Wildman–Crippen LogP) is 2.37. The molecule has 1 aromatic heterocycles. The number of hydrogen-bond donors (Lipinski definition) is 0. The molecule has 5 nitrogen and oxygen atoms in total. The molecule has 1 amide bonds. The predicted molar refractivity (Wildman–Crippen MR) is 103 cm³/mol. The average Bonchev–Trinajstić information content (AvgIpc) is 2.66. The molecule has 2 heterocycles. The van der Waals surface area contributed by atoms with E-state index in [0.717, 1.165) is 39.0 Å². The molecule has 1 aromatic carbocycles. The van der Waals surface area contributed by atoms with Crippen LogP contribution in [0.2, 0.25) is 0 Å². The number of amides is 1. The number of pyridine rings is 1. The van der Waals surface area contributed by atoms with Crippen molar-refractivity contribution in [3.63, 3.8) is 0 Å². The minimum atomic E-state index is -0.154. The van der Waals surface area contributed by atoms with E-state index in [2.05, 4.69) is 29.2 Å². The SMILES string of the molecule is CN(CC1CCN(Cc2ccccc2)CC1)C(=O)c1ccn(C)c(=O)c1. The Bertz CT molecular complexity index is 792. The Balaban J connectivity index is 1.49. The van der Waals surface area contributed by atoms with Crippen LogP contribution in [0.25, 0.3) is 0 Å². The highest BCUT2D eigenvalue weighted by atomic mass is 16.2. The molecule has 0 aliphatic carbocycles. The number of benzene rings is 1. The zero-order valence-corrected chi connectivity index (χ0v) is 15.6. The van der Waals surface area contributed by atoms with Gasteiger partial charge >= 0.3 is 0 Å². The third-order valence-electron chi connectivity index (χ3n) is 5.19. The Morgan fingerprint density at radius 1 is 1.15 bits per heavy atom. The summed E-state index contributed by atoms with van der Waals surface area (Å²) in [6, 6.07) is 13.7. The van der Waals surface area contributed by atoms with Crippen molar-refractivity contribution in [2.24, 2.45) is 13.0 Å². The van der Waals surface area contributed by atoms with Gasteiger partial charge in [-0.15, -0.1) is 0 Å². The number of aromatic nitrogens is 1. The molecular weight excluding hydrogens is 326 g/mol. The van der Waals surface area contributed by atoms with Gasteiger partial charge in [-0.1, -0.05) is 30.3 Å². The number of rotatable bonds is 5. The van der Waals surface area contributed by atoms with Gasteiger partial charge in [0, 0.05) is 45.0 Å².